The van der Waals surface area contributed by atoms with Crippen molar-refractivity contribution in [1.29, 1.82) is 0 Å². The molecular formula is C16H25N3O4S. The Kier molecular flexibility index (Phi) is 6.92. The summed E-state index contributed by atoms with van der Waals surface area (Å²) in [5.74, 6) is -0.762. The van der Waals surface area contributed by atoms with Crippen molar-refractivity contribution in [2.75, 3.05) is 20.6 Å². The number of benzene rings is 1. The van der Waals surface area contributed by atoms with Crippen molar-refractivity contribution >= 4 is 21.8 Å². The lowest BCUT2D eigenvalue weighted by atomic mass is 10.1. The summed E-state index contributed by atoms with van der Waals surface area (Å²) in [7, 11) is -0.781. The van der Waals surface area contributed by atoms with Gasteiger partial charge in [0.05, 0.1) is 4.90 Å². The second-order valence-electron chi connectivity index (χ2n) is 5.75. The van der Waals surface area contributed by atoms with E-state index >= 15 is 0 Å². The molecule has 2 amide bonds. The minimum absolute atomic E-state index is 0.0336. The van der Waals surface area contributed by atoms with Crippen LogP contribution < -0.4 is 10.6 Å². The van der Waals surface area contributed by atoms with E-state index < -0.39 is 22.0 Å². The molecule has 0 aromatic heterocycles. The molecule has 0 aliphatic heterocycles. The quantitative estimate of drug-likeness (QED) is 0.759. The van der Waals surface area contributed by atoms with Crippen LogP contribution in [0.3, 0.4) is 0 Å². The topological polar surface area (TPSA) is 95.6 Å². The van der Waals surface area contributed by atoms with Crippen LogP contribution in [-0.2, 0) is 14.8 Å². The second-order valence-corrected chi connectivity index (χ2v) is 7.90. The largest absolute Gasteiger partial charge is 0.354 e. The molecule has 0 spiro atoms. The van der Waals surface area contributed by atoms with Crippen molar-refractivity contribution in [1.82, 2.24) is 14.9 Å². The first-order chi connectivity index (χ1) is 11.1. The Balaban J connectivity index is 3.01. The van der Waals surface area contributed by atoms with Gasteiger partial charge in [-0.3, -0.25) is 9.59 Å². The fourth-order valence-electron chi connectivity index (χ4n) is 1.96. The molecule has 0 unspecified atom stereocenters. The van der Waals surface area contributed by atoms with Gasteiger partial charge in [0.1, 0.15) is 6.04 Å². The lowest BCUT2D eigenvalue weighted by Crippen LogP contribution is -2.45. The number of sulfonamides is 1. The number of hydrogen-bond acceptors (Lipinski definition) is 4. The summed E-state index contributed by atoms with van der Waals surface area (Å²) in [6.07, 6.45) is 0.802. The number of carbonyl (C=O) groups excluding carboxylic acids is 2. The van der Waals surface area contributed by atoms with E-state index in [0.717, 1.165) is 10.7 Å². The highest BCUT2D eigenvalue weighted by atomic mass is 32.2. The number of aryl methyl sites for hydroxylation is 1. The molecule has 1 atom stereocenters. The van der Waals surface area contributed by atoms with Gasteiger partial charge in [0, 0.05) is 26.2 Å². The van der Waals surface area contributed by atoms with Gasteiger partial charge in [-0.05, 0) is 38.0 Å². The molecule has 1 rings (SSSR count). The molecular weight excluding hydrogens is 330 g/mol. The zero-order chi connectivity index (χ0) is 18.5. The third kappa shape index (κ3) is 4.78. The van der Waals surface area contributed by atoms with Crippen LogP contribution in [0.5, 0.6) is 0 Å². The van der Waals surface area contributed by atoms with Crippen LogP contribution in [0.25, 0.3) is 0 Å². The summed E-state index contributed by atoms with van der Waals surface area (Å²) in [5.41, 5.74) is 0.861. The zero-order valence-electron chi connectivity index (χ0n) is 14.7. The molecule has 0 aliphatic carbocycles. The third-order valence-electron chi connectivity index (χ3n) is 3.52. The molecule has 2 N–H and O–H groups in total. The lowest BCUT2D eigenvalue weighted by molar-refractivity contribution is -0.122. The minimum atomic E-state index is -3.63. The maximum absolute atomic E-state index is 12.4. The SMILES string of the molecule is CCCNC(=O)[C@H](C)NC(=O)c1cc(S(=O)(=O)N(C)C)ccc1C. The molecule has 0 radical (unpaired) electrons. The van der Waals surface area contributed by atoms with Crippen LogP contribution >= 0.6 is 0 Å². The third-order valence-corrected chi connectivity index (χ3v) is 5.33. The van der Waals surface area contributed by atoms with Gasteiger partial charge in [0.2, 0.25) is 15.9 Å². The van der Waals surface area contributed by atoms with Gasteiger partial charge in [-0.2, -0.15) is 0 Å². The number of hydrogen-bond donors (Lipinski definition) is 2. The second kappa shape index (κ2) is 8.25. The van der Waals surface area contributed by atoms with Crippen LogP contribution in [0.2, 0.25) is 0 Å². The van der Waals surface area contributed by atoms with Crippen molar-refractivity contribution in [3.05, 3.63) is 29.3 Å². The minimum Gasteiger partial charge on any atom is -0.354 e. The Morgan fingerprint density at radius 1 is 1.25 bits per heavy atom. The Hall–Kier alpha value is -1.93. The van der Waals surface area contributed by atoms with E-state index in [-0.39, 0.29) is 16.4 Å². The van der Waals surface area contributed by atoms with E-state index in [1.807, 2.05) is 6.92 Å². The number of rotatable bonds is 7. The summed E-state index contributed by atoms with van der Waals surface area (Å²) in [4.78, 5) is 24.3. The number of nitrogens with one attached hydrogen (secondary N) is 2. The molecule has 0 saturated heterocycles. The standard InChI is InChI=1S/C16H25N3O4S/c1-6-9-17-15(20)12(3)18-16(21)14-10-13(8-7-11(14)2)24(22,23)19(4)5/h7-8,10,12H,6,9H2,1-5H3,(H,17,20)(H,18,21)/t12-/m0/s1. The first-order valence-corrected chi connectivity index (χ1v) is 9.17. The van der Waals surface area contributed by atoms with Crippen molar-refractivity contribution in [3.8, 4) is 0 Å². The molecule has 1 aromatic rings. The first kappa shape index (κ1) is 20.1. The fourth-order valence-corrected chi connectivity index (χ4v) is 2.89. The average Bonchev–Trinajstić information content (AvgIpc) is 2.52. The number of amides is 2. The maximum Gasteiger partial charge on any atom is 0.252 e. The molecule has 1 aromatic carbocycles. The molecule has 24 heavy (non-hydrogen) atoms. The monoisotopic (exact) mass is 355 g/mol. The Bertz CT molecular complexity index is 714. The van der Waals surface area contributed by atoms with Crippen molar-refractivity contribution in [2.24, 2.45) is 0 Å². The van der Waals surface area contributed by atoms with Crippen molar-refractivity contribution in [2.45, 2.75) is 38.1 Å². The van der Waals surface area contributed by atoms with Crippen molar-refractivity contribution < 1.29 is 18.0 Å². The van der Waals surface area contributed by atoms with Gasteiger partial charge in [-0.25, -0.2) is 12.7 Å². The van der Waals surface area contributed by atoms with Gasteiger partial charge in [-0.1, -0.05) is 13.0 Å². The summed E-state index contributed by atoms with van der Waals surface area (Å²) in [5, 5.41) is 5.29. The highest BCUT2D eigenvalue weighted by Crippen LogP contribution is 2.18. The van der Waals surface area contributed by atoms with Crippen molar-refractivity contribution in [3.63, 3.8) is 0 Å². The van der Waals surface area contributed by atoms with Gasteiger partial charge in [0.25, 0.3) is 5.91 Å². The average molecular weight is 355 g/mol. The van der Waals surface area contributed by atoms with Crippen LogP contribution in [-0.4, -0.2) is 51.2 Å². The fraction of sp³-hybridized carbons (Fsp3) is 0.500. The molecule has 0 fully saturated rings. The van der Waals surface area contributed by atoms with E-state index in [2.05, 4.69) is 10.6 Å². The van der Waals surface area contributed by atoms with Crippen LogP contribution in [0, 0.1) is 6.92 Å². The van der Waals surface area contributed by atoms with Crippen LogP contribution in [0.1, 0.15) is 36.2 Å². The molecule has 0 saturated carbocycles. The van der Waals surface area contributed by atoms with Gasteiger partial charge in [0.15, 0.2) is 0 Å². The molecule has 0 aliphatic rings. The summed E-state index contributed by atoms with van der Waals surface area (Å²) < 4.78 is 25.5. The van der Waals surface area contributed by atoms with E-state index in [9.17, 15) is 18.0 Å². The highest BCUT2D eigenvalue weighted by Gasteiger charge is 2.22. The highest BCUT2D eigenvalue weighted by molar-refractivity contribution is 7.89. The van der Waals surface area contributed by atoms with E-state index in [1.54, 1.807) is 19.9 Å². The van der Waals surface area contributed by atoms with E-state index in [1.165, 1.54) is 26.2 Å². The van der Waals surface area contributed by atoms with E-state index in [0.29, 0.717) is 12.1 Å². The summed E-state index contributed by atoms with van der Waals surface area (Å²) in [6.45, 7) is 5.76. The van der Waals surface area contributed by atoms with Crippen LogP contribution in [0.4, 0.5) is 0 Å². The predicted octanol–water partition coefficient (Wildman–Crippen LogP) is 0.890. The first-order valence-electron chi connectivity index (χ1n) is 7.73. The number of nitrogens with zero attached hydrogens (tertiary/aromatic N) is 1. The smallest absolute Gasteiger partial charge is 0.252 e. The van der Waals surface area contributed by atoms with Gasteiger partial charge in [-0.15, -0.1) is 0 Å². The normalized spacial score (nSPS) is 12.8. The molecule has 0 bridgehead atoms. The Morgan fingerprint density at radius 2 is 1.88 bits per heavy atom. The van der Waals surface area contributed by atoms with Gasteiger partial charge >= 0.3 is 0 Å². The number of carbonyl (C=O) groups is 2. The Labute approximate surface area is 143 Å². The molecule has 8 heteroatoms. The van der Waals surface area contributed by atoms with Crippen LogP contribution in [0.15, 0.2) is 23.1 Å². The predicted molar refractivity (Wildman–Crippen MR) is 92.3 cm³/mol. The summed E-state index contributed by atoms with van der Waals surface area (Å²) >= 11 is 0. The maximum atomic E-state index is 12.4. The summed E-state index contributed by atoms with van der Waals surface area (Å²) in [6, 6.07) is 3.65. The molecule has 7 nitrogen and oxygen atoms in total. The lowest BCUT2D eigenvalue weighted by Gasteiger charge is -2.16. The van der Waals surface area contributed by atoms with E-state index in [4.69, 9.17) is 0 Å². The zero-order valence-corrected chi connectivity index (χ0v) is 15.5. The van der Waals surface area contributed by atoms with Gasteiger partial charge < -0.3 is 10.6 Å². The molecule has 134 valence electrons. The Morgan fingerprint density at radius 3 is 2.42 bits per heavy atom. The molecule has 0 heterocycles.